The van der Waals surface area contributed by atoms with Crippen LogP contribution in [0.25, 0.3) is 0 Å². The summed E-state index contributed by atoms with van der Waals surface area (Å²) in [4.78, 5) is 11.5. The van der Waals surface area contributed by atoms with Crippen LogP contribution in [0, 0.1) is 0 Å². The predicted molar refractivity (Wildman–Crippen MR) is 66.8 cm³/mol. The van der Waals surface area contributed by atoms with Gasteiger partial charge in [-0.3, -0.25) is 0 Å². The number of methoxy groups -OCH3 is 1. The van der Waals surface area contributed by atoms with Crippen molar-refractivity contribution in [3.05, 3.63) is 29.8 Å². The van der Waals surface area contributed by atoms with E-state index in [2.05, 4.69) is 5.32 Å². The quantitative estimate of drug-likeness (QED) is 0.770. The second kappa shape index (κ2) is 6.25. The van der Waals surface area contributed by atoms with Gasteiger partial charge in [-0.05, 0) is 19.4 Å². The third kappa shape index (κ3) is 3.46. The highest BCUT2D eigenvalue weighted by molar-refractivity contribution is 5.79. The number of esters is 1. The highest BCUT2D eigenvalue weighted by atomic mass is 16.5. The van der Waals surface area contributed by atoms with E-state index in [0.717, 1.165) is 11.3 Å². The Balaban J connectivity index is 2.89. The van der Waals surface area contributed by atoms with Gasteiger partial charge in [0.1, 0.15) is 6.04 Å². The number of carbonyl (C=O) groups excluding carboxylic acids is 1. The molecule has 0 radical (unpaired) electrons. The number of aliphatic hydroxyl groups is 1. The van der Waals surface area contributed by atoms with Gasteiger partial charge in [-0.2, -0.15) is 0 Å². The minimum atomic E-state index is -0.575. The topological polar surface area (TPSA) is 58.6 Å². The Labute approximate surface area is 102 Å². The molecule has 0 saturated heterocycles. The van der Waals surface area contributed by atoms with Crippen molar-refractivity contribution in [3.63, 3.8) is 0 Å². The number of anilines is 1. The summed E-state index contributed by atoms with van der Waals surface area (Å²) in [6.45, 7) is 3.60. The molecule has 2 unspecified atom stereocenters. The zero-order valence-electron chi connectivity index (χ0n) is 10.4. The Kier molecular flexibility index (Phi) is 4.97. The van der Waals surface area contributed by atoms with Gasteiger partial charge in [0.25, 0.3) is 0 Å². The molecular formula is C13H19NO3. The van der Waals surface area contributed by atoms with Crippen molar-refractivity contribution in [1.82, 2.24) is 0 Å². The zero-order chi connectivity index (χ0) is 12.8. The molecule has 2 atom stereocenters. The fourth-order valence-electron chi connectivity index (χ4n) is 1.65. The Hall–Kier alpha value is -1.55. The van der Waals surface area contributed by atoms with Crippen LogP contribution in [0.15, 0.2) is 24.3 Å². The zero-order valence-corrected chi connectivity index (χ0v) is 10.4. The van der Waals surface area contributed by atoms with Gasteiger partial charge in [0.2, 0.25) is 0 Å². The van der Waals surface area contributed by atoms with Crippen molar-refractivity contribution in [2.75, 3.05) is 12.4 Å². The van der Waals surface area contributed by atoms with Crippen molar-refractivity contribution in [3.8, 4) is 0 Å². The number of carbonyl (C=O) groups is 1. The molecule has 0 spiro atoms. The van der Waals surface area contributed by atoms with Crippen LogP contribution >= 0.6 is 0 Å². The molecule has 0 bridgehead atoms. The first-order valence-electron chi connectivity index (χ1n) is 5.71. The van der Waals surface area contributed by atoms with Crippen molar-refractivity contribution in [2.45, 2.75) is 32.4 Å². The van der Waals surface area contributed by atoms with Gasteiger partial charge in [0.15, 0.2) is 0 Å². The van der Waals surface area contributed by atoms with Crippen molar-refractivity contribution < 1.29 is 14.6 Å². The van der Waals surface area contributed by atoms with Crippen LogP contribution in [-0.2, 0) is 9.53 Å². The van der Waals surface area contributed by atoms with Gasteiger partial charge in [-0.15, -0.1) is 0 Å². The molecule has 4 heteroatoms. The molecule has 0 aliphatic rings. The summed E-state index contributed by atoms with van der Waals surface area (Å²) < 4.78 is 4.71. The summed E-state index contributed by atoms with van der Waals surface area (Å²) in [5.74, 6) is -0.298. The molecule has 0 aliphatic heterocycles. The number of aliphatic hydroxyl groups excluding tert-OH is 1. The number of nitrogens with one attached hydrogen (secondary N) is 1. The van der Waals surface area contributed by atoms with Crippen molar-refractivity contribution in [1.29, 1.82) is 0 Å². The average Bonchev–Trinajstić information content (AvgIpc) is 2.35. The second-order valence-electron chi connectivity index (χ2n) is 3.89. The summed E-state index contributed by atoms with van der Waals surface area (Å²) in [6, 6.07) is 7.00. The molecule has 0 amide bonds. The van der Waals surface area contributed by atoms with Crippen molar-refractivity contribution in [2.24, 2.45) is 0 Å². The Bertz CT molecular complexity index is 377. The van der Waals surface area contributed by atoms with Gasteiger partial charge in [0, 0.05) is 11.3 Å². The lowest BCUT2D eigenvalue weighted by Gasteiger charge is -2.19. The highest BCUT2D eigenvalue weighted by Gasteiger charge is 2.18. The molecule has 0 heterocycles. The Morgan fingerprint density at radius 1 is 1.47 bits per heavy atom. The lowest BCUT2D eigenvalue weighted by molar-refractivity contribution is -0.141. The third-order valence-electron chi connectivity index (χ3n) is 2.63. The summed E-state index contributed by atoms with van der Waals surface area (Å²) in [6.07, 6.45) is 0.0507. The first-order valence-corrected chi connectivity index (χ1v) is 5.71. The summed E-state index contributed by atoms with van der Waals surface area (Å²) in [5.41, 5.74) is 1.54. The molecule has 4 nitrogen and oxygen atoms in total. The molecule has 2 N–H and O–H groups in total. The Morgan fingerprint density at radius 2 is 2.12 bits per heavy atom. The van der Waals surface area contributed by atoms with Gasteiger partial charge < -0.3 is 15.2 Å². The fourth-order valence-corrected chi connectivity index (χ4v) is 1.65. The molecule has 1 aromatic carbocycles. The third-order valence-corrected chi connectivity index (χ3v) is 2.63. The maximum absolute atomic E-state index is 11.5. The van der Waals surface area contributed by atoms with Gasteiger partial charge >= 0.3 is 5.97 Å². The van der Waals surface area contributed by atoms with E-state index in [9.17, 15) is 9.90 Å². The normalized spacial score (nSPS) is 13.9. The second-order valence-corrected chi connectivity index (χ2v) is 3.89. The van der Waals surface area contributed by atoms with E-state index in [1.165, 1.54) is 7.11 Å². The van der Waals surface area contributed by atoms with Crippen LogP contribution in [0.3, 0.4) is 0 Å². The molecule has 0 aromatic heterocycles. The molecular weight excluding hydrogens is 218 g/mol. The molecule has 0 saturated carbocycles. The summed E-state index contributed by atoms with van der Waals surface area (Å²) in [7, 11) is 1.37. The Morgan fingerprint density at radius 3 is 2.65 bits per heavy atom. The van der Waals surface area contributed by atoms with E-state index in [1.54, 1.807) is 6.92 Å². The molecule has 94 valence electrons. The standard InChI is InChI=1S/C13H19NO3/c1-4-11(13(16)17-3)14-12-8-6-5-7-10(12)9(2)15/h5-9,11,14-15H,4H2,1-3H3. The van der Waals surface area contributed by atoms with E-state index in [0.29, 0.717) is 6.42 Å². The first kappa shape index (κ1) is 13.5. The fraction of sp³-hybridized carbons (Fsp3) is 0.462. The van der Waals surface area contributed by atoms with E-state index < -0.39 is 6.10 Å². The lowest BCUT2D eigenvalue weighted by atomic mass is 10.1. The molecule has 0 fully saturated rings. The molecule has 0 aliphatic carbocycles. The number of para-hydroxylation sites is 1. The van der Waals surface area contributed by atoms with E-state index in [1.807, 2.05) is 31.2 Å². The first-order chi connectivity index (χ1) is 8.10. The molecule has 1 rings (SSSR count). The van der Waals surface area contributed by atoms with Crippen LogP contribution < -0.4 is 5.32 Å². The van der Waals surface area contributed by atoms with Crippen LogP contribution in [0.2, 0.25) is 0 Å². The van der Waals surface area contributed by atoms with E-state index >= 15 is 0 Å². The van der Waals surface area contributed by atoms with E-state index in [-0.39, 0.29) is 12.0 Å². The summed E-state index contributed by atoms with van der Waals surface area (Å²) >= 11 is 0. The van der Waals surface area contributed by atoms with Crippen LogP contribution in [0.4, 0.5) is 5.69 Å². The van der Waals surface area contributed by atoms with Gasteiger partial charge in [-0.1, -0.05) is 25.1 Å². The van der Waals surface area contributed by atoms with E-state index in [4.69, 9.17) is 4.74 Å². The highest BCUT2D eigenvalue weighted by Crippen LogP contribution is 2.23. The number of hydrogen-bond acceptors (Lipinski definition) is 4. The summed E-state index contributed by atoms with van der Waals surface area (Å²) in [5, 5.41) is 12.7. The number of rotatable bonds is 5. The van der Waals surface area contributed by atoms with Gasteiger partial charge in [0.05, 0.1) is 13.2 Å². The van der Waals surface area contributed by atoms with Gasteiger partial charge in [-0.25, -0.2) is 4.79 Å². The number of benzene rings is 1. The average molecular weight is 237 g/mol. The number of hydrogen-bond donors (Lipinski definition) is 2. The largest absolute Gasteiger partial charge is 0.467 e. The van der Waals surface area contributed by atoms with Crippen LogP contribution in [0.1, 0.15) is 31.9 Å². The minimum absolute atomic E-state index is 0.298. The lowest BCUT2D eigenvalue weighted by Crippen LogP contribution is -2.30. The minimum Gasteiger partial charge on any atom is -0.467 e. The monoisotopic (exact) mass is 237 g/mol. The SMILES string of the molecule is CCC(Nc1ccccc1C(C)O)C(=O)OC. The van der Waals surface area contributed by atoms with Crippen LogP contribution in [-0.4, -0.2) is 24.2 Å². The smallest absolute Gasteiger partial charge is 0.328 e. The maximum atomic E-state index is 11.5. The molecule has 1 aromatic rings. The number of ether oxygens (including phenoxy) is 1. The maximum Gasteiger partial charge on any atom is 0.328 e. The van der Waals surface area contributed by atoms with Crippen molar-refractivity contribution >= 4 is 11.7 Å². The molecule has 17 heavy (non-hydrogen) atoms. The van der Waals surface area contributed by atoms with Crippen LogP contribution in [0.5, 0.6) is 0 Å². The predicted octanol–water partition coefficient (Wildman–Crippen LogP) is 2.10.